The molecule has 94 valence electrons. The fourth-order valence-corrected chi connectivity index (χ4v) is 2.60. The Morgan fingerprint density at radius 2 is 2.12 bits per heavy atom. The minimum absolute atomic E-state index is 0.252. The van der Waals surface area contributed by atoms with Crippen LogP contribution in [0, 0.1) is 0 Å². The number of hydrogen-bond donors (Lipinski definition) is 1. The highest BCUT2D eigenvalue weighted by molar-refractivity contribution is 9.09. The lowest BCUT2D eigenvalue weighted by Crippen LogP contribution is -2.59. The lowest BCUT2D eigenvalue weighted by Gasteiger charge is -2.44. The summed E-state index contributed by atoms with van der Waals surface area (Å²) in [5.41, 5.74) is 0. The Labute approximate surface area is 103 Å². The Balaban J connectivity index is 2.23. The molecule has 0 bridgehead atoms. The van der Waals surface area contributed by atoms with Gasteiger partial charge in [-0.25, -0.2) is 0 Å². The molecule has 0 aliphatic carbocycles. The molecule has 0 spiro atoms. The first-order valence-electron chi connectivity index (χ1n) is 5.23. The van der Waals surface area contributed by atoms with Crippen LogP contribution >= 0.6 is 15.9 Å². The Bertz CT molecular complexity index is 272. The second-order valence-electron chi connectivity index (χ2n) is 4.54. The molecule has 2 saturated heterocycles. The SMILES string of the molecule is CO[C@]12COC(C)(C)O[C@H]1[C@H](O)[C@@H](CBr)O2. The number of fused-ring (bicyclic) bond motifs is 1. The molecule has 2 rings (SSSR count). The average Bonchev–Trinajstić information content (AvgIpc) is 2.52. The van der Waals surface area contributed by atoms with Crippen molar-refractivity contribution in [2.45, 2.75) is 43.7 Å². The summed E-state index contributed by atoms with van der Waals surface area (Å²) in [6.07, 6.45) is -1.59. The van der Waals surface area contributed by atoms with E-state index in [-0.39, 0.29) is 12.7 Å². The van der Waals surface area contributed by atoms with E-state index in [1.54, 1.807) is 13.8 Å². The minimum Gasteiger partial charge on any atom is -0.387 e. The van der Waals surface area contributed by atoms with Gasteiger partial charge in [0.1, 0.15) is 18.8 Å². The van der Waals surface area contributed by atoms with Crippen molar-refractivity contribution in [2.24, 2.45) is 0 Å². The van der Waals surface area contributed by atoms with Gasteiger partial charge in [0.15, 0.2) is 5.79 Å². The van der Waals surface area contributed by atoms with Crippen LogP contribution in [0.3, 0.4) is 0 Å². The highest BCUT2D eigenvalue weighted by Crippen LogP contribution is 2.41. The first-order chi connectivity index (χ1) is 7.44. The molecule has 2 heterocycles. The zero-order chi connectivity index (χ0) is 12.0. The molecule has 5 nitrogen and oxygen atoms in total. The Hall–Kier alpha value is 0.280. The van der Waals surface area contributed by atoms with Gasteiger partial charge in [0.25, 0.3) is 0 Å². The molecule has 4 atom stereocenters. The largest absolute Gasteiger partial charge is 0.387 e. The molecule has 0 aromatic heterocycles. The van der Waals surface area contributed by atoms with Gasteiger partial charge in [-0.05, 0) is 13.8 Å². The molecule has 16 heavy (non-hydrogen) atoms. The fraction of sp³-hybridized carbons (Fsp3) is 1.00. The summed E-state index contributed by atoms with van der Waals surface area (Å²) >= 11 is 3.30. The molecular weight excluding hydrogens is 280 g/mol. The Morgan fingerprint density at radius 3 is 2.69 bits per heavy atom. The molecule has 0 radical (unpaired) electrons. The molecule has 1 N–H and O–H groups in total. The monoisotopic (exact) mass is 296 g/mol. The summed E-state index contributed by atoms with van der Waals surface area (Å²) < 4.78 is 22.2. The molecule has 0 aromatic carbocycles. The molecular formula is C10H17BrO5. The van der Waals surface area contributed by atoms with E-state index in [0.717, 1.165) is 0 Å². The van der Waals surface area contributed by atoms with Crippen LogP contribution in [0.5, 0.6) is 0 Å². The van der Waals surface area contributed by atoms with Gasteiger partial charge >= 0.3 is 0 Å². The van der Waals surface area contributed by atoms with Gasteiger partial charge in [-0.1, -0.05) is 15.9 Å². The molecule has 2 fully saturated rings. The zero-order valence-electron chi connectivity index (χ0n) is 9.60. The first-order valence-corrected chi connectivity index (χ1v) is 6.35. The normalized spacial score (nSPS) is 46.7. The fourth-order valence-electron chi connectivity index (χ4n) is 2.08. The van der Waals surface area contributed by atoms with Crippen molar-refractivity contribution in [2.75, 3.05) is 19.0 Å². The van der Waals surface area contributed by atoms with E-state index in [2.05, 4.69) is 15.9 Å². The molecule has 2 aliphatic rings. The van der Waals surface area contributed by atoms with Gasteiger partial charge in [-0.3, -0.25) is 0 Å². The molecule has 0 aromatic rings. The average molecular weight is 297 g/mol. The molecule has 0 saturated carbocycles. The zero-order valence-corrected chi connectivity index (χ0v) is 11.2. The van der Waals surface area contributed by atoms with Crippen LogP contribution in [0.1, 0.15) is 13.8 Å². The number of alkyl halides is 1. The summed E-state index contributed by atoms with van der Waals surface area (Å²) in [7, 11) is 1.53. The number of aliphatic hydroxyl groups is 1. The van der Waals surface area contributed by atoms with Crippen LogP contribution in [0.4, 0.5) is 0 Å². The molecule has 0 unspecified atom stereocenters. The topological polar surface area (TPSA) is 57.2 Å². The molecule has 2 aliphatic heterocycles. The van der Waals surface area contributed by atoms with E-state index >= 15 is 0 Å². The van der Waals surface area contributed by atoms with Crippen LogP contribution in [0.15, 0.2) is 0 Å². The minimum atomic E-state index is -0.993. The quantitative estimate of drug-likeness (QED) is 0.758. The first kappa shape index (κ1) is 12.7. The number of rotatable bonds is 2. The number of methoxy groups -OCH3 is 1. The van der Waals surface area contributed by atoms with Gasteiger partial charge in [0, 0.05) is 12.4 Å². The van der Waals surface area contributed by atoms with E-state index in [1.807, 2.05) is 0 Å². The molecule has 0 amide bonds. The van der Waals surface area contributed by atoms with Crippen molar-refractivity contribution in [3.63, 3.8) is 0 Å². The summed E-state index contributed by atoms with van der Waals surface area (Å²) in [4.78, 5) is 0. The third kappa shape index (κ3) is 1.91. The van der Waals surface area contributed by atoms with Crippen molar-refractivity contribution < 1.29 is 24.1 Å². The van der Waals surface area contributed by atoms with Gasteiger partial charge < -0.3 is 24.1 Å². The maximum Gasteiger partial charge on any atom is 0.222 e. The smallest absolute Gasteiger partial charge is 0.222 e. The number of halogens is 1. The second kappa shape index (κ2) is 4.19. The highest BCUT2D eigenvalue weighted by Gasteiger charge is 2.60. The Morgan fingerprint density at radius 1 is 1.44 bits per heavy atom. The third-order valence-corrected chi connectivity index (χ3v) is 3.64. The van der Waals surface area contributed by atoms with E-state index in [1.165, 1.54) is 7.11 Å². The van der Waals surface area contributed by atoms with Gasteiger partial charge in [-0.15, -0.1) is 0 Å². The van der Waals surface area contributed by atoms with Gasteiger partial charge in [0.2, 0.25) is 5.79 Å². The number of ether oxygens (including phenoxy) is 4. The summed E-state index contributed by atoms with van der Waals surface area (Å²) in [5, 5.41) is 10.6. The van der Waals surface area contributed by atoms with Crippen LogP contribution in [-0.4, -0.2) is 54.0 Å². The highest BCUT2D eigenvalue weighted by atomic mass is 79.9. The van der Waals surface area contributed by atoms with Crippen LogP contribution < -0.4 is 0 Å². The van der Waals surface area contributed by atoms with E-state index in [0.29, 0.717) is 5.33 Å². The predicted molar refractivity (Wildman–Crippen MR) is 59.3 cm³/mol. The van der Waals surface area contributed by atoms with Crippen molar-refractivity contribution >= 4 is 15.9 Å². The van der Waals surface area contributed by atoms with Crippen LogP contribution in [0.25, 0.3) is 0 Å². The number of aliphatic hydroxyl groups excluding tert-OH is 1. The lowest BCUT2D eigenvalue weighted by molar-refractivity contribution is -0.384. The van der Waals surface area contributed by atoms with Crippen molar-refractivity contribution in [3.8, 4) is 0 Å². The second-order valence-corrected chi connectivity index (χ2v) is 5.19. The van der Waals surface area contributed by atoms with Crippen LogP contribution in [0.2, 0.25) is 0 Å². The number of hydrogen-bond acceptors (Lipinski definition) is 5. The van der Waals surface area contributed by atoms with Crippen molar-refractivity contribution in [1.29, 1.82) is 0 Å². The summed E-state index contributed by atoms with van der Waals surface area (Å²) in [5.74, 6) is -1.72. The standard InChI is InChI=1S/C10H17BrO5/c1-9(2)14-5-10(13-3)8(16-9)7(12)6(4-11)15-10/h6-8,12H,4-5H2,1-3H3/t6-,7-,8+,10+/m1/s1. The lowest BCUT2D eigenvalue weighted by atomic mass is 10.0. The summed E-state index contributed by atoms with van der Waals surface area (Å²) in [6, 6.07) is 0. The maximum absolute atomic E-state index is 10.1. The van der Waals surface area contributed by atoms with E-state index in [9.17, 15) is 5.11 Å². The van der Waals surface area contributed by atoms with Crippen molar-refractivity contribution in [1.82, 2.24) is 0 Å². The van der Waals surface area contributed by atoms with E-state index < -0.39 is 23.8 Å². The van der Waals surface area contributed by atoms with Crippen LogP contribution in [-0.2, 0) is 18.9 Å². The van der Waals surface area contributed by atoms with Gasteiger partial charge in [0.05, 0.1) is 6.10 Å². The Kier molecular flexibility index (Phi) is 3.33. The molecule has 6 heteroatoms. The summed E-state index contributed by atoms with van der Waals surface area (Å²) in [6.45, 7) is 3.86. The predicted octanol–water partition coefficient (Wildman–Crippen LogP) is 0.635. The van der Waals surface area contributed by atoms with Crippen molar-refractivity contribution in [3.05, 3.63) is 0 Å². The van der Waals surface area contributed by atoms with E-state index in [4.69, 9.17) is 18.9 Å². The third-order valence-electron chi connectivity index (χ3n) is 3.00. The van der Waals surface area contributed by atoms with Gasteiger partial charge in [-0.2, -0.15) is 0 Å². The maximum atomic E-state index is 10.1.